The zero-order valence-electron chi connectivity index (χ0n) is 18.8. The second-order valence-corrected chi connectivity index (χ2v) is 9.24. The van der Waals surface area contributed by atoms with Gasteiger partial charge in [0.15, 0.2) is 5.75 Å². The molecule has 0 spiro atoms. The molecule has 1 N–H and O–H groups in total. The molecule has 34 heavy (non-hydrogen) atoms. The van der Waals surface area contributed by atoms with Crippen LogP contribution in [0.1, 0.15) is 35.2 Å². The molecule has 5 rings (SSSR count). The summed E-state index contributed by atoms with van der Waals surface area (Å²) in [5, 5.41) is 2.84. The van der Waals surface area contributed by atoms with Crippen molar-refractivity contribution in [2.24, 2.45) is 0 Å². The first-order chi connectivity index (χ1) is 16.6. The van der Waals surface area contributed by atoms with E-state index in [2.05, 4.69) is 48.8 Å². The number of alkyl halides is 1. The van der Waals surface area contributed by atoms with Crippen molar-refractivity contribution in [3.8, 4) is 5.75 Å². The van der Waals surface area contributed by atoms with E-state index in [0.717, 1.165) is 47.4 Å². The van der Waals surface area contributed by atoms with Gasteiger partial charge in [0.05, 0.1) is 23.5 Å². The molecular formula is C26H26FIN4O2. The Balaban J connectivity index is 1.37. The van der Waals surface area contributed by atoms with E-state index in [-0.39, 0.29) is 11.7 Å². The van der Waals surface area contributed by atoms with Gasteiger partial charge in [-0.05, 0) is 61.2 Å². The minimum atomic E-state index is -0.336. The predicted molar refractivity (Wildman–Crippen MR) is 141 cm³/mol. The normalized spacial score (nSPS) is 15.5. The third-order valence-electron chi connectivity index (χ3n) is 6.23. The average Bonchev–Trinajstić information content (AvgIpc) is 2.88. The van der Waals surface area contributed by atoms with Crippen LogP contribution in [-0.2, 0) is 4.43 Å². The molecule has 0 aliphatic carbocycles. The van der Waals surface area contributed by atoms with Gasteiger partial charge in [-0.25, -0.2) is 9.37 Å². The third-order valence-corrected chi connectivity index (χ3v) is 7.11. The van der Waals surface area contributed by atoms with Crippen LogP contribution < -0.4 is 19.9 Å². The minimum Gasteiger partial charge on any atom is -0.489 e. The van der Waals surface area contributed by atoms with E-state index < -0.39 is 0 Å². The van der Waals surface area contributed by atoms with Gasteiger partial charge in [-0.15, -0.1) is 0 Å². The standard InChI is InChI=1S/C26H26FIN4O2/c27-21-15-19(8-9-22(21)31-11-2-1-3-12-31)30-26(33)20-5-4-6-23-25(20)34-14-13-32(23)24-10-7-18(16-28)17-29-24/h4-10,15,17H,1-3,11-14,16H2,(H,30,33). The lowest BCUT2D eigenvalue weighted by Gasteiger charge is -2.31. The Morgan fingerprint density at radius 1 is 1.06 bits per heavy atom. The number of aromatic nitrogens is 1. The lowest BCUT2D eigenvalue weighted by Crippen LogP contribution is -2.30. The monoisotopic (exact) mass is 572 g/mol. The summed E-state index contributed by atoms with van der Waals surface area (Å²) in [6, 6.07) is 14.4. The highest BCUT2D eigenvalue weighted by Crippen LogP contribution is 2.39. The van der Waals surface area contributed by atoms with Crippen molar-refractivity contribution in [2.45, 2.75) is 23.7 Å². The van der Waals surface area contributed by atoms with Crippen LogP contribution in [0.5, 0.6) is 5.75 Å². The molecule has 0 bridgehead atoms. The first-order valence-electron chi connectivity index (χ1n) is 11.5. The number of anilines is 4. The number of amides is 1. The molecule has 2 aliphatic heterocycles. The Morgan fingerprint density at radius 3 is 2.65 bits per heavy atom. The van der Waals surface area contributed by atoms with Crippen molar-refractivity contribution in [1.82, 2.24) is 4.98 Å². The largest absolute Gasteiger partial charge is 0.489 e. The molecule has 2 aliphatic rings. The SMILES string of the molecule is O=C(Nc1ccc(N2CCCCC2)c(F)c1)c1cccc2c1OCCN2c1ccc(CI)cn1. The number of carbonyl (C=O) groups is 1. The number of nitrogens with zero attached hydrogens (tertiary/aromatic N) is 3. The van der Waals surface area contributed by atoms with Gasteiger partial charge < -0.3 is 19.9 Å². The first-order valence-corrected chi connectivity index (χ1v) is 13.1. The molecule has 1 fully saturated rings. The Kier molecular flexibility index (Phi) is 6.85. The molecular weight excluding hydrogens is 546 g/mol. The van der Waals surface area contributed by atoms with Crippen molar-refractivity contribution < 1.29 is 13.9 Å². The lowest BCUT2D eigenvalue weighted by atomic mass is 10.1. The number of piperidine rings is 1. The maximum absolute atomic E-state index is 14.8. The Hall–Kier alpha value is -2.88. The van der Waals surface area contributed by atoms with E-state index in [4.69, 9.17) is 4.74 Å². The number of rotatable bonds is 5. The molecule has 2 aromatic carbocycles. The van der Waals surface area contributed by atoms with Gasteiger partial charge in [0, 0.05) is 29.4 Å². The lowest BCUT2D eigenvalue weighted by molar-refractivity contribution is 0.102. The summed E-state index contributed by atoms with van der Waals surface area (Å²) in [7, 11) is 0. The van der Waals surface area contributed by atoms with E-state index in [1.54, 1.807) is 18.2 Å². The predicted octanol–water partition coefficient (Wildman–Crippen LogP) is 5.93. The summed E-state index contributed by atoms with van der Waals surface area (Å²) < 4.78 is 21.6. The summed E-state index contributed by atoms with van der Waals surface area (Å²) in [5.41, 5.74) is 3.37. The summed E-state index contributed by atoms with van der Waals surface area (Å²) >= 11 is 2.31. The number of benzene rings is 2. The van der Waals surface area contributed by atoms with Crippen LogP contribution in [0.2, 0.25) is 0 Å². The van der Waals surface area contributed by atoms with E-state index in [1.807, 2.05) is 24.4 Å². The van der Waals surface area contributed by atoms with Crippen LogP contribution in [0.25, 0.3) is 0 Å². The minimum absolute atomic E-state index is 0.321. The molecule has 0 saturated carbocycles. The zero-order valence-corrected chi connectivity index (χ0v) is 20.9. The second-order valence-electron chi connectivity index (χ2n) is 8.48. The first kappa shape index (κ1) is 22.9. The van der Waals surface area contributed by atoms with Gasteiger partial charge in [0.2, 0.25) is 0 Å². The second kappa shape index (κ2) is 10.2. The number of fused-ring (bicyclic) bond motifs is 1. The van der Waals surface area contributed by atoms with Crippen LogP contribution in [0, 0.1) is 5.82 Å². The Labute approximate surface area is 212 Å². The zero-order chi connectivity index (χ0) is 23.5. The molecule has 1 aromatic heterocycles. The van der Waals surface area contributed by atoms with E-state index in [0.29, 0.717) is 35.8 Å². The molecule has 3 heterocycles. The van der Waals surface area contributed by atoms with Gasteiger partial charge >= 0.3 is 0 Å². The molecule has 1 amide bonds. The number of hydrogen-bond donors (Lipinski definition) is 1. The molecule has 0 unspecified atom stereocenters. The summed E-state index contributed by atoms with van der Waals surface area (Å²) in [5.74, 6) is 0.665. The van der Waals surface area contributed by atoms with Crippen LogP contribution in [-0.4, -0.2) is 37.1 Å². The molecule has 8 heteroatoms. The quantitative estimate of drug-likeness (QED) is 0.304. The van der Waals surface area contributed by atoms with Crippen LogP contribution >= 0.6 is 22.6 Å². The van der Waals surface area contributed by atoms with Crippen molar-refractivity contribution in [2.75, 3.05) is 41.4 Å². The molecule has 0 atom stereocenters. The molecule has 176 valence electrons. The number of carbonyl (C=O) groups excluding carboxylic acids is 1. The van der Waals surface area contributed by atoms with Gasteiger partial charge in [-0.2, -0.15) is 0 Å². The molecule has 0 radical (unpaired) electrons. The molecule has 3 aromatic rings. The number of nitrogens with one attached hydrogen (secondary N) is 1. The summed E-state index contributed by atoms with van der Waals surface area (Å²) in [6.07, 6.45) is 5.21. The van der Waals surface area contributed by atoms with Gasteiger partial charge in [0.1, 0.15) is 18.2 Å². The topological polar surface area (TPSA) is 57.7 Å². The molecule has 6 nitrogen and oxygen atoms in total. The number of halogens is 2. The van der Waals surface area contributed by atoms with Crippen LogP contribution in [0.3, 0.4) is 0 Å². The highest BCUT2D eigenvalue weighted by atomic mass is 127. The number of para-hydroxylation sites is 1. The van der Waals surface area contributed by atoms with Crippen LogP contribution in [0.15, 0.2) is 54.7 Å². The van der Waals surface area contributed by atoms with Crippen molar-refractivity contribution >= 4 is 51.4 Å². The van der Waals surface area contributed by atoms with Gasteiger partial charge in [-0.1, -0.05) is 34.7 Å². The van der Waals surface area contributed by atoms with Gasteiger partial charge in [-0.3, -0.25) is 4.79 Å². The fourth-order valence-electron chi connectivity index (χ4n) is 4.50. The highest BCUT2D eigenvalue weighted by molar-refractivity contribution is 14.1. The van der Waals surface area contributed by atoms with E-state index in [1.165, 1.54) is 12.5 Å². The van der Waals surface area contributed by atoms with Crippen molar-refractivity contribution in [3.05, 3.63) is 71.7 Å². The fourth-order valence-corrected chi connectivity index (χ4v) is 4.95. The van der Waals surface area contributed by atoms with Crippen molar-refractivity contribution in [1.29, 1.82) is 0 Å². The number of pyridine rings is 1. The highest BCUT2D eigenvalue weighted by Gasteiger charge is 2.26. The fraction of sp³-hybridized carbons (Fsp3) is 0.308. The maximum atomic E-state index is 14.8. The number of ether oxygens (including phenoxy) is 1. The maximum Gasteiger partial charge on any atom is 0.259 e. The Morgan fingerprint density at radius 2 is 1.91 bits per heavy atom. The average molecular weight is 572 g/mol. The number of hydrogen-bond acceptors (Lipinski definition) is 5. The Bertz CT molecular complexity index is 1180. The summed E-state index contributed by atoms with van der Waals surface area (Å²) in [6.45, 7) is 2.80. The summed E-state index contributed by atoms with van der Waals surface area (Å²) in [4.78, 5) is 21.9. The molecule has 1 saturated heterocycles. The smallest absolute Gasteiger partial charge is 0.259 e. The van der Waals surface area contributed by atoms with E-state index >= 15 is 0 Å². The van der Waals surface area contributed by atoms with Crippen LogP contribution in [0.4, 0.5) is 27.3 Å². The van der Waals surface area contributed by atoms with Crippen molar-refractivity contribution in [3.63, 3.8) is 0 Å². The third kappa shape index (κ3) is 4.68. The van der Waals surface area contributed by atoms with Gasteiger partial charge in [0.25, 0.3) is 5.91 Å². The van der Waals surface area contributed by atoms with E-state index in [9.17, 15) is 9.18 Å².